The van der Waals surface area contributed by atoms with Crippen LogP contribution in [-0.2, 0) is 6.42 Å². The predicted molar refractivity (Wildman–Crippen MR) is 176 cm³/mol. The maximum absolute atomic E-state index is 2.36. The molecule has 0 aliphatic heterocycles. The third-order valence-corrected chi connectivity index (χ3v) is 8.13. The molecule has 3 aromatic carbocycles. The second-order valence-corrected chi connectivity index (χ2v) is 12.3. The van der Waals surface area contributed by atoms with Crippen LogP contribution in [0.15, 0.2) is 72.3 Å². The summed E-state index contributed by atoms with van der Waals surface area (Å²) < 4.78 is 0. The summed E-state index contributed by atoms with van der Waals surface area (Å²) in [7, 11) is 0. The number of hydrogen-bond donors (Lipinski definition) is 0. The van der Waals surface area contributed by atoms with Crippen LogP contribution in [0.25, 0.3) is 5.57 Å². The van der Waals surface area contributed by atoms with Crippen LogP contribution < -0.4 is 0 Å². The maximum atomic E-state index is 2.36. The van der Waals surface area contributed by atoms with Crippen LogP contribution in [-0.4, -0.2) is 0 Å². The molecule has 0 heterocycles. The molecule has 0 aromatic heterocycles. The van der Waals surface area contributed by atoms with E-state index in [1.165, 1.54) is 88.6 Å². The molecule has 0 bridgehead atoms. The van der Waals surface area contributed by atoms with Gasteiger partial charge in [-0.3, -0.25) is 0 Å². The minimum Gasteiger partial charge on any atom is -0.0701 e. The third-order valence-electron chi connectivity index (χ3n) is 8.13. The smallest absolute Gasteiger partial charge is 0.00256 e. The van der Waals surface area contributed by atoms with Crippen LogP contribution >= 0.6 is 0 Å². The average Bonchev–Trinajstić information content (AvgIpc) is 3.57. The molecular weight excluding hydrogens is 468 g/mol. The summed E-state index contributed by atoms with van der Waals surface area (Å²) >= 11 is 0. The Kier molecular flexibility index (Phi) is 14.4. The van der Waals surface area contributed by atoms with Crippen LogP contribution in [0.2, 0.25) is 0 Å². The standard InChI is InChI=1S/C21H26.C8H10.C6H12.C4H8/c1-6-16(3)18(5)21-14-20(12-9-17(21)4)13-19-10-7-15(2)8-11-19;1-7-3-5-8(2)6-4-7;1-6-4-2-3-5-6;1-4-2-3-4/h7-12,14H,6,13H2,1-5H3;3-6H,1-2H3;6H,2-5H2,1H3;4H,2-3H2,1H3/b18-16+;;;. The van der Waals surface area contributed by atoms with E-state index in [2.05, 4.69) is 129 Å². The zero-order valence-electron chi connectivity index (χ0n) is 26.7. The van der Waals surface area contributed by atoms with E-state index in [0.29, 0.717) is 0 Å². The Labute approximate surface area is 242 Å². The molecular formula is C39H56. The second kappa shape index (κ2) is 17.2. The lowest BCUT2D eigenvalue weighted by molar-refractivity contribution is 0.612. The van der Waals surface area contributed by atoms with Gasteiger partial charge in [0.2, 0.25) is 0 Å². The van der Waals surface area contributed by atoms with Gasteiger partial charge in [-0.05, 0) is 94.0 Å². The summed E-state index contributed by atoms with van der Waals surface area (Å²) in [4.78, 5) is 0. The molecule has 0 saturated heterocycles. The van der Waals surface area contributed by atoms with Gasteiger partial charge in [0, 0.05) is 0 Å². The molecule has 0 N–H and O–H groups in total. The largest absolute Gasteiger partial charge is 0.0701 e. The van der Waals surface area contributed by atoms with Crippen LogP contribution in [0.5, 0.6) is 0 Å². The summed E-state index contributed by atoms with van der Waals surface area (Å²) in [6, 6.07) is 24.2. The van der Waals surface area contributed by atoms with Crippen molar-refractivity contribution in [3.8, 4) is 0 Å². The van der Waals surface area contributed by atoms with Crippen molar-refractivity contribution >= 4 is 5.57 Å². The first kappa shape index (κ1) is 32.6. The highest BCUT2D eigenvalue weighted by molar-refractivity contribution is 5.69. The third kappa shape index (κ3) is 13.3. The Balaban J connectivity index is 0.000000237. The van der Waals surface area contributed by atoms with Crippen LogP contribution in [0.1, 0.15) is 119 Å². The number of rotatable bonds is 4. The van der Waals surface area contributed by atoms with Crippen molar-refractivity contribution in [2.24, 2.45) is 11.8 Å². The fourth-order valence-electron chi connectivity index (χ4n) is 4.55. The topological polar surface area (TPSA) is 0 Å². The van der Waals surface area contributed by atoms with Gasteiger partial charge >= 0.3 is 0 Å². The van der Waals surface area contributed by atoms with E-state index in [-0.39, 0.29) is 0 Å². The van der Waals surface area contributed by atoms with Crippen LogP contribution in [0, 0.1) is 39.5 Å². The molecule has 0 nitrogen and oxygen atoms in total. The number of allylic oxidation sites excluding steroid dienone is 2. The van der Waals surface area contributed by atoms with E-state index >= 15 is 0 Å². The predicted octanol–water partition coefficient (Wildman–Crippen LogP) is 12.0. The van der Waals surface area contributed by atoms with Gasteiger partial charge < -0.3 is 0 Å². The number of aryl methyl sites for hydroxylation is 4. The molecule has 0 radical (unpaired) electrons. The van der Waals surface area contributed by atoms with Crippen LogP contribution in [0.4, 0.5) is 0 Å². The zero-order chi connectivity index (χ0) is 28.8. The summed E-state index contributed by atoms with van der Waals surface area (Å²) in [6.07, 6.45) is 11.0. The highest BCUT2D eigenvalue weighted by atomic mass is 14.2. The van der Waals surface area contributed by atoms with Gasteiger partial charge in [0.1, 0.15) is 0 Å². The summed E-state index contributed by atoms with van der Waals surface area (Å²) in [5.41, 5.74) is 12.4. The minimum absolute atomic E-state index is 1.01. The summed E-state index contributed by atoms with van der Waals surface area (Å²) in [6.45, 7) is 19.9. The molecule has 3 aromatic rings. The van der Waals surface area contributed by atoms with Gasteiger partial charge in [-0.1, -0.05) is 148 Å². The van der Waals surface area contributed by atoms with E-state index in [0.717, 1.165) is 24.7 Å². The van der Waals surface area contributed by atoms with Crippen molar-refractivity contribution < 1.29 is 0 Å². The van der Waals surface area contributed by atoms with Crippen molar-refractivity contribution in [3.63, 3.8) is 0 Å². The lowest BCUT2D eigenvalue weighted by Gasteiger charge is -2.12. The monoisotopic (exact) mass is 524 g/mol. The van der Waals surface area contributed by atoms with E-state index in [1.807, 2.05) is 0 Å². The first-order valence-corrected chi connectivity index (χ1v) is 15.4. The van der Waals surface area contributed by atoms with Gasteiger partial charge in [0.05, 0.1) is 0 Å². The lowest BCUT2D eigenvalue weighted by atomic mass is 9.93. The van der Waals surface area contributed by atoms with E-state index in [1.54, 1.807) is 0 Å². The Bertz CT molecular complexity index is 1100. The highest BCUT2D eigenvalue weighted by Gasteiger charge is 2.12. The fraction of sp³-hybridized carbons (Fsp3) is 0.487. The zero-order valence-corrected chi connectivity index (χ0v) is 26.7. The molecule has 212 valence electrons. The summed E-state index contributed by atoms with van der Waals surface area (Å²) in [5.74, 6) is 2.13. The molecule has 39 heavy (non-hydrogen) atoms. The number of benzene rings is 3. The van der Waals surface area contributed by atoms with Crippen molar-refractivity contribution in [2.45, 2.75) is 114 Å². The Morgan fingerprint density at radius 1 is 0.615 bits per heavy atom. The van der Waals surface area contributed by atoms with Gasteiger partial charge in [-0.15, -0.1) is 0 Å². The maximum Gasteiger partial charge on any atom is -0.00256 e. The Morgan fingerprint density at radius 3 is 1.44 bits per heavy atom. The molecule has 0 unspecified atom stereocenters. The lowest BCUT2D eigenvalue weighted by Crippen LogP contribution is -1.94. The van der Waals surface area contributed by atoms with Crippen molar-refractivity contribution in [2.75, 3.05) is 0 Å². The molecule has 2 saturated carbocycles. The van der Waals surface area contributed by atoms with E-state index in [9.17, 15) is 0 Å². The normalized spacial score (nSPS) is 15.1. The molecule has 2 aliphatic rings. The fourth-order valence-corrected chi connectivity index (χ4v) is 4.55. The first-order chi connectivity index (χ1) is 18.6. The van der Waals surface area contributed by atoms with Gasteiger partial charge in [-0.2, -0.15) is 0 Å². The summed E-state index contributed by atoms with van der Waals surface area (Å²) in [5, 5.41) is 0. The Hall–Kier alpha value is -2.60. The van der Waals surface area contributed by atoms with Gasteiger partial charge in [-0.25, -0.2) is 0 Å². The second-order valence-electron chi connectivity index (χ2n) is 12.3. The molecule has 2 fully saturated rings. The quantitative estimate of drug-likeness (QED) is 0.318. The Morgan fingerprint density at radius 2 is 1.05 bits per heavy atom. The molecule has 0 amide bonds. The molecule has 5 rings (SSSR count). The first-order valence-electron chi connectivity index (χ1n) is 15.4. The molecule has 0 atom stereocenters. The van der Waals surface area contributed by atoms with E-state index in [4.69, 9.17) is 0 Å². The van der Waals surface area contributed by atoms with Crippen molar-refractivity contribution in [1.82, 2.24) is 0 Å². The van der Waals surface area contributed by atoms with Crippen LogP contribution in [0.3, 0.4) is 0 Å². The average molecular weight is 525 g/mol. The molecule has 0 heteroatoms. The van der Waals surface area contributed by atoms with Gasteiger partial charge in [0.15, 0.2) is 0 Å². The molecule has 0 spiro atoms. The van der Waals surface area contributed by atoms with Gasteiger partial charge in [0.25, 0.3) is 0 Å². The SMILES string of the molecule is CC/C(C)=C(\C)c1cc(Cc2ccc(C)cc2)ccc1C.CC1CC1.CC1CCCC1.Cc1ccc(C)cc1. The minimum atomic E-state index is 1.01. The number of hydrogen-bond acceptors (Lipinski definition) is 0. The van der Waals surface area contributed by atoms with Crippen molar-refractivity contribution in [3.05, 3.63) is 111 Å². The van der Waals surface area contributed by atoms with E-state index < -0.39 is 0 Å². The molecule has 2 aliphatic carbocycles. The van der Waals surface area contributed by atoms with Crippen molar-refractivity contribution in [1.29, 1.82) is 0 Å². The highest BCUT2D eigenvalue weighted by Crippen LogP contribution is 2.27.